The normalized spacial score (nSPS) is 14.4. The van der Waals surface area contributed by atoms with E-state index in [2.05, 4.69) is 83.6 Å². The predicted octanol–water partition coefficient (Wildman–Crippen LogP) is 6.17. The topological polar surface area (TPSA) is 29.9 Å². The molecule has 1 aromatic heterocycles. The molecule has 2 aliphatic carbocycles. The molecule has 2 nitrogen and oxygen atoms in total. The number of hydrogen-bond donors (Lipinski definition) is 1. The molecule has 2 aromatic carbocycles. The van der Waals surface area contributed by atoms with Crippen LogP contribution in [0.5, 0.6) is 0 Å². The van der Waals surface area contributed by atoms with Crippen molar-refractivity contribution >= 4 is 34.6 Å². The van der Waals surface area contributed by atoms with Gasteiger partial charge in [-0.1, -0.05) is 42.8 Å². The maximum atomic E-state index is 5.62. The third kappa shape index (κ3) is 4.00. The first-order valence-electron chi connectivity index (χ1n) is 11.7. The number of hydrogen-bond acceptors (Lipinski definition) is 1. The Kier molecular flexibility index (Phi) is 5.82. The van der Waals surface area contributed by atoms with Crippen molar-refractivity contribution in [1.82, 2.24) is 0 Å². The Bertz CT molecular complexity index is 1200. The summed E-state index contributed by atoms with van der Waals surface area (Å²) in [5, 5.41) is 2.83. The zero-order chi connectivity index (χ0) is 21.0. The van der Waals surface area contributed by atoms with Crippen LogP contribution < -0.4 is 10.3 Å². The molecule has 0 atom stereocenters. The maximum Gasteiger partial charge on any atom is 0.205 e. The SMILES string of the molecule is NCCCCCC[n+]1ccccc1/C=C/c1cc2c3c4c(cccc14)CC=C3CC=C2. The molecule has 2 aliphatic rings. The third-order valence-corrected chi connectivity index (χ3v) is 6.60. The first-order valence-corrected chi connectivity index (χ1v) is 11.7. The molecule has 0 fully saturated rings. The van der Waals surface area contributed by atoms with Gasteiger partial charge in [0.2, 0.25) is 5.69 Å². The van der Waals surface area contributed by atoms with Crippen LogP contribution in [0.2, 0.25) is 0 Å². The van der Waals surface area contributed by atoms with Gasteiger partial charge in [-0.15, -0.1) is 0 Å². The largest absolute Gasteiger partial charge is 0.330 e. The quantitative estimate of drug-likeness (QED) is 0.351. The standard InChI is InChI=1S/C29H31N2/c30-18-4-1-2-5-19-31-20-6-3-12-26(31)17-16-24-21-25-11-7-9-22-14-15-23-10-8-13-27(24)29(23)28(22)25/h3,6-8,10-14,16-17,20-21H,1-2,4-5,9,15,18-19,30H2/q+1/b17-16+. The average Bonchev–Trinajstić information content (AvgIpc) is 2.82. The van der Waals surface area contributed by atoms with Crippen molar-refractivity contribution in [2.75, 3.05) is 6.54 Å². The van der Waals surface area contributed by atoms with E-state index < -0.39 is 0 Å². The minimum absolute atomic E-state index is 0.801. The molecule has 0 amide bonds. The summed E-state index contributed by atoms with van der Waals surface area (Å²) in [4.78, 5) is 0. The van der Waals surface area contributed by atoms with Crippen LogP contribution in [0.15, 0.2) is 60.8 Å². The van der Waals surface area contributed by atoms with Crippen molar-refractivity contribution in [3.8, 4) is 0 Å². The van der Waals surface area contributed by atoms with E-state index in [4.69, 9.17) is 5.73 Å². The van der Waals surface area contributed by atoms with Gasteiger partial charge in [0.1, 0.15) is 6.54 Å². The molecule has 0 unspecified atom stereocenters. The summed E-state index contributed by atoms with van der Waals surface area (Å²) in [5.41, 5.74) is 14.0. The predicted molar refractivity (Wildman–Crippen MR) is 132 cm³/mol. The zero-order valence-electron chi connectivity index (χ0n) is 18.2. The van der Waals surface area contributed by atoms with Crippen LogP contribution in [0, 0.1) is 0 Å². The van der Waals surface area contributed by atoms with Crippen LogP contribution >= 0.6 is 0 Å². The molecular weight excluding hydrogens is 376 g/mol. The number of nitrogens with two attached hydrogens (primary N) is 1. The van der Waals surface area contributed by atoms with Crippen molar-refractivity contribution in [2.45, 2.75) is 45.1 Å². The molecule has 0 bridgehead atoms. The Balaban J connectivity index is 1.48. The van der Waals surface area contributed by atoms with Crippen molar-refractivity contribution in [1.29, 1.82) is 0 Å². The van der Waals surface area contributed by atoms with Gasteiger partial charge in [0, 0.05) is 24.6 Å². The lowest BCUT2D eigenvalue weighted by atomic mass is 9.80. The lowest BCUT2D eigenvalue weighted by Crippen LogP contribution is -2.36. The smallest absolute Gasteiger partial charge is 0.205 e. The van der Waals surface area contributed by atoms with Crippen molar-refractivity contribution in [3.63, 3.8) is 0 Å². The molecule has 5 rings (SSSR count). The molecule has 0 saturated carbocycles. The van der Waals surface area contributed by atoms with Crippen LogP contribution in [0.1, 0.15) is 60.1 Å². The summed E-state index contributed by atoms with van der Waals surface area (Å²) in [6, 6.07) is 15.6. The summed E-state index contributed by atoms with van der Waals surface area (Å²) in [6.07, 6.45) is 20.7. The molecule has 0 aliphatic heterocycles. The van der Waals surface area contributed by atoms with Crippen LogP contribution in [-0.2, 0) is 13.0 Å². The monoisotopic (exact) mass is 407 g/mol. The summed E-state index contributed by atoms with van der Waals surface area (Å²) < 4.78 is 2.37. The van der Waals surface area contributed by atoms with Gasteiger partial charge < -0.3 is 5.73 Å². The number of rotatable bonds is 8. The van der Waals surface area contributed by atoms with Crippen LogP contribution in [0.3, 0.4) is 0 Å². The highest BCUT2D eigenvalue weighted by atomic mass is 14.9. The highest BCUT2D eigenvalue weighted by Gasteiger charge is 2.20. The fraction of sp³-hybridized carbons (Fsp3) is 0.276. The molecule has 2 N–H and O–H groups in total. The Morgan fingerprint density at radius 3 is 2.81 bits per heavy atom. The van der Waals surface area contributed by atoms with Crippen LogP contribution in [-0.4, -0.2) is 6.54 Å². The van der Waals surface area contributed by atoms with Crippen molar-refractivity contribution < 1.29 is 4.57 Å². The van der Waals surface area contributed by atoms with Crippen LogP contribution in [0.25, 0.3) is 34.6 Å². The molecule has 3 aromatic rings. The van der Waals surface area contributed by atoms with Crippen molar-refractivity contribution in [2.24, 2.45) is 5.73 Å². The van der Waals surface area contributed by atoms with E-state index in [1.54, 1.807) is 0 Å². The van der Waals surface area contributed by atoms with Gasteiger partial charge in [0.25, 0.3) is 0 Å². The van der Waals surface area contributed by atoms with Crippen LogP contribution in [0.4, 0.5) is 0 Å². The Labute approximate surface area is 185 Å². The number of allylic oxidation sites excluding steroid dienone is 3. The minimum atomic E-state index is 0.801. The second kappa shape index (κ2) is 9.03. The molecule has 0 saturated heterocycles. The van der Waals surface area contributed by atoms with E-state index in [1.807, 2.05) is 0 Å². The summed E-state index contributed by atoms with van der Waals surface area (Å²) in [6.45, 7) is 1.85. The fourth-order valence-electron chi connectivity index (χ4n) is 5.02. The molecule has 1 heterocycles. The van der Waals surface area contributed by atoms with E-state index in [-0.39, 0.29) is 0 Å². The number of aromatic nitrogens is 1. The van der Waals surface area contributed by atoms with Gasteiger partial charge in [-0.3, -0.25) is 0 Å². The lowest BCUT2D eigenvalue weighted by molar-refractivity contribution is -0.699. The van der Waals surface area contributed by atoms with E-state index in [1.165, 1.54) is 63.6 Å². The highest BCUT2D eigenvalue weighted by molar-refractivity contribution is 6.06. The van der Waals surface area contributed by atoms with Gasteiger partial charge >= 0.3 is 0 Å². The van der Waals surface area contributed by atoms with Gasteiger partial charge in [0.15, 0.2) is 6.20 Å². The molecule has 156 valence electrons. The Morgan fingerprint density at radius 2 is 1.87 bits per heavy atom. The lowest BCUT2D eigenvalue weighted by Gasteiger charge is -2.24. The van der Waals surface area contributed by atoms with E-state index in [0.717, 1.165) is 32.4 Å². The third-order valence-electron chi connectivity index (χ3n) is 6.60. The van der Waals surface area contributed by atoms with E-state index in [0.29, 0.717) is 0 Å². The number of pyridine rings is 1. The molecular formula is C29H31N2+. The summed E-state index contributed by atoms with van der Waals surface area (Å²) in [7, 11) is 0. The number of unbranched alkanes of at least 4 members (excludes halogenated alkanes) is 3. The van der Waals surface area contributed by atoms with Gasteiger partial charge in [-0.25, -0.2) is 0 Å². The minimum Gasteiger partial charge on any atom is -0.330 e. The fourth-order valence-corrected chi connectivity index (χ4v) is 5.02. The first-order chi connectivity index (χ1) is 15.3. The molecule has 0 radical (unpaired) electrons. The molecule has 0 spiro atoms. The molecule has 2 heteroatoms. The van der Waals surface area contributed by atoms with Gasteiger partial charge in [-0.2, -0.15) is 4.57 Å². The number of nitrogens with zero attached hydrogens (tertiary/aromatic N) is 1. The van der Waals surface area contributed by atoms with E-state index >= 15 is 0 Å². The summed E-state index contributed by atoms with van der Waals surface area (Å²) >= 11 is 0. The second-order valence-electron chi connectivity index (χ2n) is 8.66. The number of aryl methyl sites for hydroxylation is 1. The second-order valence-corrected chi connectivity index (χ2v) is 8.66. The maximum absolute atomic E-state index is 5.62. The highest BCUT2D eigenvalue weighted by Crippen LogP contribution is 2.41. The number of benzene rings is 2. The van der Waals surface area contributed by atoms with E-state index in [9.17, 15) is 0 Å². The zero-order valence-corrected chi connectivity index (χ0v) is 18.2. The van der Waals surface area contributed by atoms with Gasteiger partial charge in [0.05, 0.1) is 0 Å². The first kappa shape index (κ1) is 20.0. The van der Waals surface area contributed by atoms with Gasteiger partial charge in [-0.05, 0) is 89.0 Å². The molecule has 31 heavy (non-hydrogen) atoms. The van der Waals surface area contributed by atoms with Crippen molar-refractivity contribution in [3.05, 3.63) is 88.8 Å². The summed E-state index contributed by atoms with van der Waals surface area (Å²) in [5.74, 6) is 0. The Morgan fingerprint density at radius 1 is 0.935 bits per heavy atom. The average molecular weight is 408 g/mol. The Hall–Kier alpha value is -2.97.